The van der Waals surface area contributed by atoms with Gasteiger partial charge in [0.05, 0.1) is 3.79 Å². The molecule has 1 aromatic carbocycles. The smallest absolute Gasteiger partial charge is 0.168 e. The number of benzene rings is 1. The molecule has 1 nitrogen and oxygen atoms in total. The molecule has 5 heteroatoms. The molecule has 0 unspecified atom stereocenters. The Morgan fingerprint density at radius 3 is 2.44 bits per heavy atom. The molecule has 0 aliphatic heterocycles. The van der Waals surface area contributed by atoms with Crippen molar-refractivity contribution < 1.29 is 13.6 Å². The maximum atomic E-state index is 13.4. The summed E-state index contributed by atoms with van der Waals surface area (Å²) in [5, 5.41) is 0. The van der Waals surface area contributed by atoms with E-state index in [9.17, 15) is 13.6 Å². The summed E-state index contributed by atoms with van der Waals surface area (Å²) in [7, 11) is 0. The second kappa shape index (κ2) is 5.28. The number of ketones is 1. The Kier molecular flexibility index (Phi) is 3.92. The molecule has 2 aromatic rings. The van der Waals surface area contributed by atoms with Crippen molar-refractivity contribution in [2.24, 2.45) is 0 Å². The minimum Gasteiger partial charge on any atom is -0.294 e. The van der Waals surface area contributed by atoms with E-state index >= 15 is 0 Å². The first kappa shape index (κ1) is 13.4. The number of hydrogen-bond donors (Lipinski definition) is 0. The molecule has 18 heavy (non-hydrogen) atoms. The SMILES string of the molecule is Cc1sc(Br)cc1C(=O)Cc1c(F)cccc1F. The molecule has 0 radical (unpaired) electrons. The van der Waals surface area contributed by atoms with Crippen molar-refractivity contribution in [1.82, 2.24) is 0 Å². The van der Waals surface area contributed by atoms with Crippen molar-refractivity contribution in [2.45, 2.75) is 13.3 Å². The molecule has 2 rings (SSSR count). The third-order valence-electron chi connectivity index (χ3n) is 2.59. The maximum absolute atomic E-state index is 13.4. The Morgan fingerprint density at radius 1 is 1.33 bits per heavy atom. The predicted octanol–water partition coefficient (Wildman–Crippen LogP) is 4.52. The highest BCUT2D eigenvalue weighted by Crippen LogP contribution is 2.27. The molecular formula is C13H9BrF2OS. The largest absolute Gasteiger partial charge is 0.294 e. The zero-order valence-corrected chi connectivity index (χ0v) is 11.9. The Bertz CT molecular complexity index is 587. The van der Waals surface area contributed by atoms with Gasteiger partial charge in [-0.3, -0.25) is 4.79 Å². The van der Waals surface area contributed by atoms with E-state index in [0.717, 1.165) is 20.8 Å². The summed E-state index contributed by atoms with van der Waals surface area (Å²) < 4.78 is 27.7. The molecule has 1 aromatic heterocycles. The number of carbonyl (C=O) groups is 1. The van der Waals surface area contributed by atoms with Gasteiger partial charge in [-0.15, -0.1) is 11.3 Å². The van der Waals surface area contributed by atoms with Gasteiger partial charge in [0.1, 0.15) is 11.6 Å². The zero-order chi connectivity index (χ0) is 13.3. The quantitative estimate of drug-likeness (QED) is 0.756. The summed E-state index contributed by atoms with van der Waals surface area (Å²) in [6.07, 6.45) is -0.261. The van der Waals surface area contributed by atoms with Crippen LogP contribution in [0.3, 0.4) is 0 Å². The van der Waals surface area contributed by atoms with Gasteiger partial charge in [-0.25, -0.2) is 8.78 Å². The molecule has 0 saturated heterocycles. The fourth-order valence-corrected chi connectivity index (χ4v) is 3.39. The molecule has 0 amide bonds. The summed E-state index contributed by atoms with van der Waals surface area (Å²) in [6, 6.07) is 5.27. The normalized spacial score (nSPS) is 10.7. The number of aryl methyl sites for hydroxylation is 1. The minimum absolute atomic E-state index is 0.177. The van der Waals surface area contributed by atoms with Gasteiger partial charge in [0, 0.05) is 22.4 Å². The van der Waals surface area contributed by atoms with Crippen molar-refractivity contribution in [2.75, 3.05) is 0 Å². The Morgan fingerprint density at radius 2 is 1.94 bits per heavy atom. The second-order valence-electron chi connectivity index (χ2n) is 3.82. The van der Waals surface area contributed by atoms with Crippen LogP contribution in [0.2, 0.25) is 0 Å². The summed E-state index contributed by atoms with van der Waals surface area (Å²) in [5.74, 6) is -1.65. The van der Waals surface area contributed by atoms with Crippen LogP contribution in [-0.4, -0.2) is 5.78 Å². The second-order valence-corrected chi connectivity index (χ2v) is 6.46. The van der Waals surface area contributed by atoms with E-state index in [1.807, 2.05) is 0 Å². The van der Waals surface area contributed by atoms with E-state index in [0.29, 0.717) is 5.56 Å². The topological polar surface area (TPSA) is 17.1 Å². The Labute approximate surface area is 116 Å². The van der Waals surface area contributed by atoms with Gasteiger partial charge in [-0.05, 0) is 41.1 Å². The van der Waals surface area contributed by atoms with Crippen LogP contribution >= 0.6 is 27.3 Å². The number of rotatable bonds is 3. The lowest BCUT2D eigenvalue weighted by Crippen LogP contribution is -2.07. The summed E-state index contributed by atoms with van der Waals surface area (Å²) in [6.45, 7) is 1.81. The van der Waals surface area contributed by atoms with Crippen molar-refractivity contribution in [3.8, 4) is 0 Å². The first-order valence-electron chi connectivity index (χ1n) is 5.21. The van der Waals surface area contributed by atoms with Crippen molar-refractivity contribution in [1.29, 1.82) is 0 Å². The van der Waals surface area contributed by atoms with Crippen LogP contribution in [0.1, 0.15) is 20.8 Å². The average Bonchev–Trinajstić information content (AvgIpc) is 2.63. The molecular weight excluding hydrogens is 322 g/mol. The number of halogens is 3. The monoisotopic (exact) mass is 330 g/mol. The molecule has 1 heterocycles. The third kappa shape index (κ3) is 2.67. The fourth-order valence-electron chi connectivity index (χ4n) is 1.68. The van der Waals surface area contributed by atoms with Crippen LogP contribution in [-0.2, 0) is 6.42 Å². The molecule has 0 atom stereocenters. The van der Waals surface area contributed by atoms with E-state index in [-0.39, 0.29) is 17.8 Å². The molecule has 0 N–H and O–H groups in total. The van der Waals surface area contributed by atoms with E-state index in [4.69, 9.17) is 0 Å². The first-order valence-corrected chi connectivity index (χ1v) is 6.82. The van der Waals surface area contributed by atoms with Crippen LogP contribution in [0, 0.1) is 18.6 Å². The number of carbonyl (C=O) groups excluding carboxylic acids is 1. The van der Waals surface area contributed by atoms with Crippen LogP contribution in [0.25, 0.3) is 0 Å². The molecule has 94 valence electrons. The fraction of sp³-hybridized carbons (Fsp3) is 0.154. The van der Waals surface area contributed by atoms with E-state index in [2.05, 4.69) is 15.9 Å². The van der Waals surface area contributed by atoms with Gasteiger partial charge in [0.2, 0.25) is 0 Å². The molecule has 0 bridgehead atoms. The molecule has 0 fully saturated rings. The lowest BCUT2D eigenvalue weighted by Gasteiger charge is -2.04. The lowest BCUT2D eigenvalue weighted by atomic mass is 10.0. The Hall–Kier alpha value is -1.07. The van der Waals surface area contributed by atoms with Crippen molar-refractivity contribution >= 4 is 33.0 Å². The van der Waals surface area contributed by atoms with Crippen molar-refractivity contribution in [3.63, 3.8) is 0 Å². The molecule has 0 aliphatic carbocycles. The Balaban J connectivity index is 2.30. The van der Waals surface area contributed by atoms with Crippen LogP contribution < -0.4 is 0 Å². The van der Waals surface area contributed by atoms with Gasteiger partial charge >= 0.3 is 0 Å². The maximum Gasteiger partial charge on any atom is 0.168 e. The average molecular weight is 331 g/mol. The number of thiophene rings is 1. The standard InChI is InChI=1S/C13H9BrF2OS/c1-7-8(6-13(14)18-7)12(17)5-9-10(15)3-2-4-11(9)16/h2-4,6H,5H2,1H3. The van der Waals surface area contributed by atoms with Crippen LogP contribution in [0.4, 0.5) is 8.78 Å². The van der Waals surface area contributed by atoms with Crippen LogP contribution in [0.15, 0.2) is 28.1 Å². The third-order valence-corrected chi connectivity index (χ3v) is 4.14. The summed E-state index contributed by atoms with van der Waals surface area (Å²) in [5.41, 5.74) is 0.332. The zero-order valence-electron chi connectivity index (χ0n) is 9.47. The van der Waals surface area contributed by atoms with E-state index in [1.54, 1.807) is 13.0 Å². The molecule has 0 saturated carbocycles. The minimum atomic E-state index is -0.685. The highest BCUT2D eigenvalue weighted by molar-refractivity contribution is 9.11. The van der Waals surface area contributed by atoms with E-state index in [1.165, 1.54) is 17.4 Å². The van der Waals surface area contributed by atoms with Gasteiger partial charge in [-0.2, -0.15) is 0 Å². The van der Waals surface area contributed by atoms with Crippen molar-refractivity contribution in [3.05, 3.63) is 55.7 Å². The first-order chi connectivity index (χ1) is 8.49. The number of hydrogen-bond acceptors (Lipinski definition) is 2. The predicted molar refractivity (Wildman–Crippen MR) is 71.1 cm³/mol. The molecule has 0 spiro atoms. The number of Topliss-reactive ketones (excluding diaryl/α,β-unsaturated/α-hetero) is 1. The lowest BCUT2D eigenvalue weighted by molar-refractivity contribution is 0.0990. The highest BCUT2D eigenvalue weighted by atomic mass is 79.9. The van der Waals surface area contributed by atoms with Gasteiger partial charge in [-0.1, -0.05) is 6.07 Å². The van der Waals surface area contributed by atoms with Gasteiger partial charge < -0.3 is 0 Å². The highest BCUT2D eigenvalue weighted by Gasteiger charge is 2.17. The van der Waals surface area contributed by atoms with E-state index < -0.39 is 11.6 Å². The summed E-state index contributed by atoms with van der Waals surface area (Å²) >= 11 is 4.71. The van der Waals surface area contributed by atoms with Crippen LogP contribution in [0.5, 0.6) is 0 Å². The molecule has 0 aliphatic rings. The van der Waals surface area contributed by atoms with Gasteiger partial charge in [0.15, 0.2) is 5.78 Å². The van der Waals surface area contributed by atoms with Gasteiger partial charge in [0.25, 0.3) is 0 Å². The summed E-state index contributed by atoms with van der Waals surface area (Å²) in [4.78, 5) is 12.8.